The van der Waals surface area contributed by atoms with Gasteiger partial charge in [-0.25, -0.2) is 0 Å². The molecule has 0 heterocycles. The molecule has 0 aliphatic heterocycles. The Bertz CT molecular complexity index is 653. The predicted molar refractivity (Wildman–Crippen MR) is 117 cm³/mol. The second kappa shape index (κ2) is 8.53. The molecule has 0 fully saturated rings. The van der Waals surface area contributed by atoms with Crippen LogP contribution in [0.25, 0.3) is 0 Å². The van der Waals surface area contributed by atoms with Gasteiger partial charge in [-0.1, -0.05) is 0 Å². The maximum atomic E-state index is 2.52. The van der Waals surface area contributed by atoms with Crippen molar-refractivity contribution in [2.75, 3.05) is 0 Å². The summed E-state index contributed by atoms with van der Waals surface area (Å²) in [5.74, 6) is 0. The number of hydrogen-bond acceptors (Lipinski definition) is 0. The first kappa shape index (κ1) is 22.9. The third-order valence-electron chi connectivity index (χ3n) is 8.45. The van der Waals surface area contributed by atoms with Crippen LogP contribution in [-0.2, 0) is 17.1 Å². The molecule has 0 aromatic heterocycles. The van der Waals surface area contributed by atoms with Gasteiger partial charge in [-0.05, 0) is 0 Å². The normalized spacial score (nSPS) is 19.0. The van der Waals surface area contributed by atoms with E-state index in [9.17, 15) is 0 Å². The molecule has 0 amide bonds. The Morgan fingerprint density at radius 2 is 0.926 bits per heavy atom. The average molecular weight is 420 g/mol. The van der Waals surface area contributed by atoms with Gasteiger partial charge in [0.05, 0.1) is 0 Å². The molecular formula is C26H42Zn. The fourth-order valence-corrected chi connectivity index (χ4v) is 12.4. The van der Waals surface area contributed by atoms with Crippen molar-refractivity contribution < 1.29 is 17.1 Å². The summed E-state index contributed by atoms with van der Waals surface area (Å²) in [5.41, 5.74) is 10.9. The summed E-state index contributed by atoms with van der Waals surface area (Å²) in [6.45, 7) is 24.2. The summed E-state index contributed by atoms with van der Waals surface area (Å²) >= 11 is -0.929. The van der Waals surface area contributed by atoms with Gasteiger partial charge in [0.25, 0.3) is 0 Å². The Hall–Kier alpha value is -0.417. The Morgan fingerprint density at radius 3 is 1.19 bits per heavy atom. The Balaban J connectivity index is 2.56. The van der Waals surface area contributed by atoms with Gasteiger partial charge in [0.2, 0.25) is 0 Å². The van der Waals surface area contributed by atoms with E-state index in [2.05, 4.69) is 69.2 Å². The van der Waals surface area contributed by atoms with Crippen molar-refractivity contribution in [2.45, 2.75) is 108 Å². The van der Waals surface area contributed by atoms with Crippen molar-refractivity contribution in [3.63, 3.8) is 0 Å². The summed E-state index contributed by atoms with van der Waals surface area (Å²) in [6.07, 6.45) is 7.61. The Morgan fingerprint density at radius 1 is 0.630 bits per heavy atom. The fourth-order valence-electron chi connectivity index (χ4n) is 5.56. The van der Waals surface area contributed by atoms with E-state index in [-0.39, 0.29) is 0 Å². The zero-order chi connectivity index (χ0) is 20.6. The van der Waals surface area contributed by atoms with Gasteiger partial charge in [-0.15, -0.1) is 0 Å². The van der Waals surface area contributed by atoms with E-state index in [0.29, 0.717) is 10.8 Å². The number of hydrogen-bond donors (Lipinski definition) is 0. The summed E-state index contributed by atoms with van der Waals surface area (Å²) in [4.78, 5) is 0. The number of allylic oxidation sites excluding steroid dienone is 8. The molecule has 2 aliphatic carbocycles. The molecule has 0 saturated heterocycles. The van der Waals surface area contributed by atoms with E-state index in [1.165, 1.54) is 38.5 Å². The van der Waals surface area contributed by atoms with Crippen molar-refractivity contribution in [3.8, 4) is 0 Å². The summed E-state index contributed by atoms with van der Waals surface area (Å²) in [7, 11) is 0. The van der Waals surface area contributed by atoms with Crippen molar-refractivity contribution in [1.82, 2.24) is 0 Å². The monoisotopic (exact) mass is 418 g/mol. The van der Waals surface area contributed by atoms with Crippen molar-refractivity contribution in [2.24, 2.45) is 10.8 Å². The molecule has 148 valence electrons. The molecule has 2 rings (SSSR count). The van der Waals surface area contributed by atoms with Gasteiger partial charge in [-0.2, -0.15) is 0 Å². The van der Waals surface area contributed by atoms with Crippen LogP contribution in [0.3, 0.4) is 0 Å². The second-order valence-electron chi connectivity index (χ2n) is 9.83. The second-order valence-corrected chi connectivity index (χ2v) is 14.2. The minimum absolute atomic E-state index is 0.373. The first-order valence-electron chi connectivity index (χ1n) is 11.4. The van der Waals surface area contributed by atoms with E-state index >= 15 is 0 Å². The van der Waals surface area contributed by atoms with Crippen molar-refractivity contribution in [1.29, 1.82) is 0 Å². The van der Waals surface area contributed by atoms with Crippen LogP contribution >= 0.6 is 0 Å². The standard InChI is InChI=1S/2C13H21.Zn/c2*1-6-13(5,7-2)12-9-8-10(3)11(12)4;/h2*6-8H2,1-5H3;. The van der Waals surface area contributed by atoms with Crippen LogP contribution in [-0.4, -0.2) is 0 Å². The van der Waals surface area contributed by atoms with Crippen LogP contribution in [0.2, 0.25) is 0 Å². The Labute approximate surface area is 177 Å². The molecule has 0 unspecified atom stereocenters. The van der Waals surface area contributed by atoms with Crippen LogP contribution in [0.1, 0.15) is 108 Å². The topological polar surface area (TPSA) is 0 Å². The van der Waals surface area contributed by atoms with Gasteiger partial charge >= 0.3 is 177 Å². The quantitative estimate of drug-likeness (QED) is 0.345. The van der Waals surface area contributed by atoms with E-state index in [0.717, 1.165) is 0 Å². The molecule has 0 atom stereocenters. The van der Waals surface area contributed by atoms with Gasteiger partial charge < -0.3 is 0 Å². The summed E-state index contributed by atoms with van der Waals surface area (Å²) in [5, 5.41) is 0. The van der Waals surface area contributed by atoms with Gasteiger partial charge in [-0.3, -0.25) is 0 Å². The number of rotatable bonds is 8. The van der Waals surface area contributed by atoms with Crippen molar-refractivity contribution in [3.05, 3.63) is 41.8 Å². The summed E-state index contributed by atoms with van der Waals surface area (Å²) in [6, 6.07) is 0. The SMILES string of the molecule is CCC(C)(CC)C1=[C]([Zn][C]2=C(C(C)(CC)CC)C(C)=C(C)C2)CC(C)=C1C. The molecule has 0 saturated carbocycles. The molecule has 0 N–H and O–H groups in total. The third kappa shape index (κ3) is 4.01. The zero-order valence-corrected chi connectivity index (χ0v) is 22.9. The molecule has 0 aromatic carbocycles. The van der Waals surface area contributed by atoms with Crippen LogP contribution in [0.5, 0.6) is 0 Å². The van der Waals surface area contributed by atoms with Gasteiger partial charge in [0, 0.05) is 0 Å². The molecule has 2 aliphatic rings. The Kier molecular flexibility index (Phi) is 7.22. The molecule has 0 bridgehead atoms. The molecule has 0 aromatic rings. The fraction of sp³-hybridized carbons (Fsp3) is 0.692. The van der Waals surface area contributed by atoms with Gasteiger partial charge in [0.1, 0.15) is 0 Å². The van der Waals surface area contributed by atoms with E-state index < -0.39 is 17.1 Å². The third-order valence-corrected chi connectivity index (χ3v) is 12.8. The molecular weight excluding hydrogens is 378 g/mol. The van der Waals surface area contributed by atoms with Gasteiger partial charge in [0.15, 0.2) is 0 Å². The average Bonchev–Trinajstić information content (AvgIpc) is 3.10. The molecule has 27 heavy (non-hydrogen) atoms. The first-order valence-corrected chi connectivity index (χ1v) is 14.3. The van der Waals surface area contributed by atoms with E-state index in [1.807, 2.05) is 8.33 Å². The molecule has 0 spiro atoms. The van der Waals surface area contributed by atoms with Crippen molar-refractivity contribution >= 4 is 0 Å². The zero-order valence-electron chi connectivity index (χ0n) is 19.9. The molecule has 0 nitrogen and oxygen atoms in total. The molecule has 1 heteroatoms. The van der Waals surface area contributed by atoms with Crippen LogP contribution in [0.4, 0.5) is 0 Å². The molecule has 0 radical (unpaired) electrons. The predicted octanol–water partition coefficient (Wildman–Crippen LogP) is 8.71. The van der Waals surface area contributed by atoms with E-state index in [1.54, 1.807) is 33.4 Å². The summed E-state index contributed by atoms with van der Waals surface area (Å²) < 4.78 is 3.82. The maximum absolute atomic E-state index is 2.52. The van der Waals surface area contributed by atoms with Crippen LogP contribution in [0.15, 0.2) is 41.8 Å². The van der Waals surface area contributed by atoms with Crippen LogP contribution < -0.4 is 0 Å². The van der Waals surface area contributed by atoms with Crippen LogP contribution in [0, 0.1) is 10.8 Å². The minimum atomic E-state index is -0.929. The first-order chi connectivity index (χ1) is 12.6. The van der Waals surface area contributed by atoms with E-state index in [4.69, 9.17) is 0 Å².